The van der Waals surface area contributed by atoms with E-state index in [0.717, 1.165) is 6.42 Å². The normalized spacial score (nSPS) is 17.4. The number of ketones is 1. The van der Waals surface area contributed by atoms with Crippen molar-refractivity contribution in [1.29, 1.82) is 0 Å². The zero-order valence-corrected chi connectivity index (χ0v) is 43.9. The van der Waals surface area contributed by atoms with Gasteiger partial charge in [0.2, 0.25) is 11.7 Å². The van der Waals surface area contributed by atoms with Gasteiger partial charge in [-0.2, -0.15) is 8.78 Å². The van der Waals surface area contributed by atoms with Crippen LogP contribution in [0.25, 0.3) is 0 Å². The third-order valence-corrected chi connectivity index (χ3v) is 10.7. The Morgan fingerprint density at radius 1 is 0.536 bits per heavy atom. The lowest BCUT2D eigenvalue weighted by atomic mass is 10.0. The number of piperidine rings is 3. The van der Waals surface area contributed by atoms with E-state index in [1.165, 1.54) is 35.5 Å². The molecule has 69 heavy (non-hydrogen) atoms. The van der Waals surface area contributed by atoms with Crippen molar-refractivity contribution in [2.75, 3.05) is 72.3 Å². The molecule has 0 saturated carbocycles. The number of Topliss-reactive ketones (excluding diaryl/α,β-unsaturated/α-hetero) is 1. The standard InChI is InChI=1S/2C14H22FNO4.C10H17NO3.C8H16FO5P/c2*1-5-19-12(17)11(15)10-7-6-8-16(9-10)13(18)20-14(2,3)4;1-10(2,3)14-9(13)11-6-4-5-8(12)7-11;1-4-12-8(10)7(9)15(11,13-5-2)14-6-3/h2*5-9H2,1-4H3;4-7H2,1-3H3;7H,4-6H2,1-3H3/b11-10+;11-10-;;. The number of esters is 3. The molecule has 23 heteroatoms. The Balaban J connectivity index is 0.000000904. The van der Waals surface area contributed by atoms with Crippen LogP contribution in [-0.2, 0) is 61.2 Å². The number of alkyl halides is 1. The Kier molecular flexibility index (Phi) is 28.7. The smallest absolute Gasteiger partial charge is 0.410 e. The average molecular weight is 1020 g/mol. The van der Waals surface area contributed by atoms with Crippen molar-refractivity contribution in [1.82, 2.24) is 14.7 Å². The Hall–Kier alpha value is -4.69. The highest BCUT2D eigenvalue weighted by Gasteiger charge is 2.43. The number of amides is 3. The van der Waals surface area contributed by atoms with Crippen molar-refractivity contribution in [3.05, 3.63) is 22.8 Å². The van der Waals surface area contributed by atoms with Crippen LogP contribution in [0.3, 0.4) is 0 Å². The molecule has 0 spiro atoms. The van der Waals surface area contributed by atoms with E-state index in [0.29, 0.717) is 62.9 Å². The molecule has 398 valence electrons. The molecule has 0 aromatic heterocycles. The Bertz CT molecular complexity index is 1740. The summed E-state index contributed by atoms with van der Waals surface area (Å²) in [6, 6.07) is 0. The average Bonchev–Trinajstić information content (AvgIpc) is 3.25. The minimum Gasteiger partial charge on any atom is -0.463 e. The summed E-state index contributed by atoms with van der Waals surface area (Å²) in [5.74, 6) is -7.19. The van der Waals surface area contributed by atoms with E-state index in [4.69, 9.17) is 14.2 Å². The quantitative estimate of drug-likeness (QED) is 0.0814. The van der Waals surface area contributed by atoms with Crippen LogP contribution >= 0.6 is 7.60 Å². The minimum atomic E-state index is -4.04. The number of halogens is 3. The van der Waals surface area contributed by atoms with Gasteiger partial charge in [-0.15, -0.1) is 0 Å². The third kappa shape index (κ3) is 26.2. The molecule has 3 saturated heterocycles. The predicted molar refractivity (Wildman–Crippen MR) is 248 cm³/mol. The van der Waals surface area contributed by atoms with Crippen LogP contribution < -0.4 is 0 Å². The Morgan fingerprint density at radius 2 is 0.855 bits per heavy atom. The maximum atomic E-state index is 13.9. The number of hydrogen-bond donors (Lipinski definition) is 0. The molecule has 3 amide bonds. The Morgan fingerprint density at radius 3 is 1.14 bits per heavy atom. The monoisotopic (exact) mass is 1020 g/mol. The topological polar surface area (TPSA) is 220 Å². The fourth-order valence-electron chi connectivity index (χ4n) is 5.93. The summed E-state index contributed by atoms with van der Waals surface area (Å²) >= 11 is 0. The molecule has 0 aliphatic carbocycles. The van der Waals surface area contributed by atoms with Gasteiger partial charge < -0.3 is 52.2 Å². The van der Waals surface area contributed by atoms with Crippen LogP contribution in [0.1, 0.15) is 135 Å². The number of rotatable bonds is 11. The van der Waals surface area contributed by atoms with E-state index < -0.39 is 72.1 Å². The van der Waals surface area contributed by atoms with Gasteiger partial charge in [0, 0.05) is 39.1 Å². The van der Waals surface area contributed by atoms with Crippen molar-refractivity contribution in [3.8, 4) is 0 Å². The molecular weight excluding hydrogens is 938 g/mol. The number of hydrogen-bond acceptors (Lipinski definition) is 16. The zero-order chi connectivity index (χ0) is 53.3. The second-order valence-corrected chi connectivity index (χ2v) is 20.3. The first kappa shape index (κ1) is 64.3. The van der Waals surface area contributed by atoms with Gasteiger partial charge in [-0.05, 0) is 140 Å². The zero-order valence-electron chi connectivity index (χ0n) is 43.1. The van der Waals surface area contributed by atoms with Gasteiger partial charge in [0.1, 0.15) is 16.8 Å². The molecular formula is C46H77F3N3O16P. The highest BCUT2D eigenvalue weighted by Crippen LogP contribution is 2.54. The molecule has 0 radical (unpaired) electrons. The van der Waals surface area contributed by atoms with Gasteiger partial charge >= 0.3 is 43.8 Å². The number of likely N-dealkylation sites (tertiary alicyclic amines) is 3. The molecule has 3 aliphatic heterocycles. The van der Waals surface area contributed by atoms with E-state index in [2.05, 4.69) is 23.3 Å². The van der Waals surface area contributed by atoms with Crippen LogP contribution in [0.15, 0.2) is 22.8 Å². The van der Waals surface area contributed by atoms with E-state index in [1.54, 1.807) is 55.4 Å². The van der Waals surface area contributed by atoms with Crippen LogP contribution in [0, 0.1) is 0 Å². The van der Waals surface area contributed by atoms with Crippen molar-refractivity contribution in [2.24, 2.45) is 0 Å². The van der Waals surface area contributed by atoms with E-state index >= 15 is 0 Å². The SMILES string of the molecule is CC(C)(C)OC(=O)N1CCCC(=O)C1.CCOC(=O)/C(F)=C1/CCCN(C(=O)OC(C)(C)C)C1.CCOC(=O)/C(F)=C1\CCCN(C(=O)OC(C)(C)C)C1.CCOC(=O)C(F)P(=O)(OCC)OCC. The van der Waals surface area contributed by atoms with Gasteiger partial charge in [-0.1, -0.05) is 0 Å². The van der Waals surface area contributed by atoms with Crippen molar-refractivity contribution in [2.45, 2.75) is 158 Å². The molecule has 3 fully saturated rings. The molecule has 0 aromatic rings. The summed E-state index contributed by atoms with van der Waals surface area (Å²) in [7, 11) is -4.04. The maximum absolute atomic E-state index is 13.9. The molecule has 0 N–H and O–H groups in total. The van der Waals surface area contributed by atoms with Crippen LogP contribution in [0.2, 0.25) is 0 Å². The molecule has 0 aromatic carbocycles. The molecule has 3 rings (SSSR count). The Labute approximate surface area is 405 Å². The summed E-state index contributed by atoms with van der Waals surface area (Å²) < 4.78 is 91.5. The summed E-state index contributed by atoms with van der Waals surface area (Å²) in [4.78, 5) is 84.5. The molecule has 0 bridgehead atoms. The predicted octanol–water partition coefficient (Wildman–Crippen LogP) is 9.31. The lowest BCUT2D eigenvalue weighted by Gasteiger charge is -2.31. The van der Waals surface area contributed by atoms with E-state index in [1.807, 2.05) is 20.8 Å². The molecule has 3 aliphatic rings. The van der Waals surface area contributed by atoms with Crippen LogP contribution in [-0.4, -0.2) is 152 Å². The van der Waals surface area contributed by atoms with E-state index in [9.17, 15) is 51.3 Å². The third-order valence-electron chi connectivity index (χ3n) is 8.69. The fourth-order valence-corrected chi connectivity index (χ4v) is 7.32. The van der Waals surface area contributed by atoms with Gasteiger partial charge in [0.25, 0.3) is 5.91 Å². The van der Waals surface area contributed by atoms with Crippen LogP contribution in [0.5, 0.6) is 0 Å². The lowest BCUT2D eigenvalue weighted by molar-refractivity contribution is -0.146. The van der Waals surface area contributed by atoms with Gasteiger partial charge in [0.05, 0.1) is 39.6 Å². The maximum Gasteiger partial charge on any atom is 0.410 e. The lowest BCUT2D eigenvalue weighted by Crippen LogP contribution is -2.43. The molecule has 3 heterocycles. The second-order valence-electron chi connectivity index (χ2n) is 18.3. The number of carbonyl (C=O) groups excluding carboxylic acids is 7. The first-order valence-corrected chi connectivity index (χ1v) is 24.7. The van der Waals surface area contributed by atoms with Gasteiger partial charge in [-0.3, -0.25) is 9.36 Å². The van der Waals surface area contributed by atoms with Crippen molar-refractivity contribution >= 4 is 49.6 Å². The van der Waals surface area contributed by atoms with Crippen molar-refractivity contribution < 1.29 is 88.8 Å². The summed E-state index contributed by atoms with van der Waals surface area (Å²) in [6.45, 7) is 26.1. The summed E-state index contributed by atoms with van der Waals surface area (Å²) in [5.41, 5.74) is -1.10. The molecule has 1 unspecified atom stereocenters. The van der Waals surface area contributed by atoms with Crippen molar-refractivity contribution in [3.63, 3.8) is 0 Å². The summed E-state index contributed by atoms with van der Waals surface area (Å²) in [5, 5.41) is 0. The van der Waals surface area contributed by atoms with Gasteiger partial charge in [0.15, 0.2) is 5.78 Å². The highest BCUT2D eigenvalue weighted by molar-refractivity contribution is 7.55. The number of carbonyl (C=O) groups is 7. The second kappa shape index (κ2) is 30.8. The number of ether oxygens (including phenoxy) is 6. The molecule has 19 nitrogen and oxygen atoms in total. The number of nitrogens with zero attached hydrogens (tertiary/aromatic N) is 3. The minimum absolute atomic E-state index is 0.00287. The summed E-state index contributed by atoms with van der Waals surface area (Å²) in [6.07, 6.45) is 2.05. The molecule has 1 atom stereocenters. The fraction of sp³-hybridized carbons (Fsp3) is 0.761. The largest absolute Gasteiger partial charge is 0.463 e. The van der Waals surface area contributed by atoms with E-state index in [-0.39, 0.29) is 64.5 Å². The first-order chi connectivity index (χ1) is 31.9. The van der Waals surface area contributed by atoms with Crippen LogP contribution in [0.4, 0.5) is 27.6 Å². The first-order valence-electron chi connectivity index (χ1n) is 23.1. The highest BCUT2D eigenvalue weighted by atomic mass is 31.2. The van der Waals surface area contributed by atoms with Gasteiger partial charge in [-0.25, -0.2) is 33.2 Å².